The predicted octanol–water partition coefficient (Wildman–Crippen LogP) is 6.22. The van der Waals surface area contributed by atoms with Gasteiger partial charge < -0.3 is 4.74 Å². The Morgan fingerprint density at radius 3 is 2.05 bits per heavy atom. The van der Waals surface area contributed by atoms with E-state index >= 15 is 0 Å². The summed E-state index contributed by atoms with van der Waals surface area (Å²) in [5.74, 6) is -1.04. The van der Waals surface area contributed by atoms with Crippen LogP contribution in [0.25, 0.3) is 0 Å². The lowest BCUT2D eigenvalue weighted by Gasteiger charge is -2.34. The van der Waals surface area contributed by atoms with Gasteiger partial charge in [-0.05, 0) is 38.0 Å². The number of ether oxygens (including phenoxy) is 1. The summed E-state index contributed by atoms with van der Waals surface area (Å²) in [7, 11) is 1.66. The van der Waals surface area contributed by atoms with E-state index in [0.717, 1.165) is 25.3 Å². The first-order valence-electron chi connectivity index (χ1n) is 8.42. The number of rotatable bonds is 10. The van der Waals surface area contributed by atoms with Crippen molar-refractivity contribution < 1.29 is 13.5 Å². The molecule has 0 N–H and O–H groups in total. The summed E-state index contributed by atoms with van der Waals surface area (Å²) < 4.78 is 32.6. The van der Waals surface area contributed by atoms with E-state index in [9.17, 15) is 8.78 Å². The minimum absolute atomic E-state index is 0.00567. The van der Waals surface area contributed by atoms with Crippen LogP contribution in [0.5, 0.6) is 0 Å². The second-order valence-corrected chi connectivity index (χ2v) is 6.62. The Kier molecular flexibility index (Phi) is 8.02. The molecule has 0 bridgehead atoms. The van der Waals surface area contributed by atoms with Gasteiger partial charge >= 0.3 is 0 Å². The molecule has 3 heteroatoms. The minimum atomic E-state index is -0.519. The predicted molar refractivity (Wildman–Crippen MR) is 88.2 cm³/mol. The lowest BCUT2D eigenvalue weighted by molar-refractivity contribution is -0.00461. The van der Waals surface area contributed by atoms with Gasteiger partial charge in [-0.25, -0.2) is 8.78 Å². The number of hydrogen-bond donors (Lipinski definition) is 0. The Bertz CT molecular complexity index is 423. The first kappa shape index (κ1) is 19.1. The summed E-state index contributed by atoms with van der Waals surface area (Å²) >= 11 is 0. The van der Waals surface area contributed by atoms with Crippen LogP contribution in [0.1, 0.15) is 77.2 Å². The summed E-state index contributed by atoms with van der Waals surface area (Å²) in [6, 6.07) is 3.79. The Labute approximate surface area is 134 Å². The van der Waals surface area contributed by atoms with Gasteiger partial charge in [-0.15, -0.1) is 0 Å². The van der Waals surface area contributed by atoms with Gasteiger partial charge in [-0.1, -0.05) is 45.4 Å². The highest BCUT2D eigenvalue weighted by molar-refractivity contribution is 5.24. The van der Waals surface area contributed by atoms with E-state index in [0.29, 0.717) is 5.56 Å². The van der Waals surface area contributed by atoms with E-state index < -0.39 is 17.2 Å². The fraction of sp³-hybridized carbons (Fsp3) is 0.684. The molecule has 22 heavy (non-hydrogen) atoms. The normalized spacial score (nSPS) is 13.4. The number of benzene rings is 1. The van der Waals surface area contributed by atoms with Crippen LogP contribution in [-0.4, -0.2) is 12.7 Å². The van der Waals surface area contributed by atoms with Crippen molar-refractivity contribution in [3.05, 3.63) is 35.4 Å². The maximum atomic E-state index is 13.5. The van der Waals surface area contributed by atoms with Crippen molar-refractivity contribution in [1.29, 1.82) is 0 Å². The molecule has 0 amide bonds. The zero-order chi connectivity index (χ0) is 16.6. The van der Waals surface area contributed by atoms with Crippen molar-refractivity contribution in [2.45, 2.75) is 77.2 Å². The first-order valence-corrected chi connectivity index (χ1v) is 8.42. The molecule has 1 unspecified atom stereocenters. The maximum absolute atomic E-state index is 13.5. The van der Waals surface area contributed by atoms with Crippen LogP contribution in [-0.2, 0) is 4.74 Å². The van der Waals surface area contributed by atoms with Gasteiger partial charge in [-0.3, -0.25) is 0 Å². The smallest absolute Gasteiger partial charge is 0.126 e. The highest BCUT2D eigenvalue weighted by Gasteiger charge is 2.30. The Hall–Kier alpha value is -0.960. The molecule has 0 aromatic heterocycles. The van der Waals surface area contributed by atoms with Crippen molar-refractivity contribution in [2.24, 2.45) is 0 Å². The zero-order valence-electron chi connectivity index (χ0n) is 14.4. The number of unbranched alkanes of at least 4 members (excludes halogenated alkanes) is 5. The van der Waals surface area contributed by atoms with Crippen LogP contribution in [0.2, 0.25) is 0 Å². The van der Waals surface area contributed by atoms with E-state index in [4.69, 9.17) is 4.74 Å². The van der Waals surface area contributed by atoms with E-state index in [1.54, 1.807) is 7.11 Å². The molecule has 0 aliphatic heterocycles. The Balaban J connectivity index is 2.73. The van der Waals surface area contributed by atoms with E-state index in [-0.39, 0.29) is 5.92 Å². The molecule has 1 rings (SSSR count). The molecule has 1 aromatic carbocycles. The van der Waals surface area contributed by atoms with Crippen LogP contribution in [0.15, 0.2) is 18.2 Å². The van der Waals surface area contributed by atoms with Gasteiger partial charge in [-0.2, -0.15) is 0 Å². The van der Waals surface area contributed by atoms with Crippen LogP contribution in [0, 0.1) is 11.6 Å². The van der Waals surface area contributed by atoms with E-state index in [2.05, 4.69) is 6.92 Å². The average molecular weight is 312 g/mol. The van der Waals surface area contributed by atoms with Gasteiger partial charge in [0.1, 0.15) is 11.6 Å². The average Bonchev–Trinajstić information content (AvgIpc) is 2.45. The molecule has 0 aliphatic rings. The number of halogens is 2. The second-order valence-electron chi connectivity index (χ2n) is 6.62. The van der Waals surface area contributed by atoms with Gasteiger partial charge in [0.25, 0.3) is 0 Å². The standard InChI is InChI=1S/C19H30F2O/c1-5-6-7-8-9-10-11-18(19(2,3)22-4)15-12-16(20)14-17(21)13-15/h12-14,18H,5-11H2,1-4H3. The van der Waals surface area contributed by atoms with E-state index in [1.165, 1.54) is 37.8 Å². The number of methoxy groups -OCH3 is 1. The molecule has 1 aromatic rings. The fourth-order valence-electron chi connectivity index (χ4n) is 2.96. The molecule has 126 valence electrons. The summed E-state index contributed by atoms with van der Waals surface area (Å²) in [6.45, 7) is 6.17. The highest BCUT2D eigenvalue weighted by Crippen LogP contribution is 2.36. The van der Waals surface area contributed by atoms with Gasteiger partial charge in [0.15, 0.2) is 0 Å². The molecular weight excluding hydrogens is 282 g/mol. The second kappa shape index (κ2) is 9.24. The Morgan fingerprint density at radius 2 is 1.50 bits per heavy atom. The van der Waals surface area contributed by atoms with Crippen LogP contribution < -0.4 is 0 Å². The summed E-state index contributed by atoms with van der Waals surface area (Å²) in [4.78, 5) is 0. The minimum Gasteiger partial charge on any atom is -0.378 e. The molecule has 0 saturated carbocycles. The molecule has 0 spiro atoms. The molecule has 0 aliphatic carbocycles. The van der Waals surface area contributed by atoms with Crippen molar-refractivity contribution in [3.8, 4) is 0 Å². The van der Waals surface area contributed by atoms with Crippen molar-refractivity contribution >= 4 is 0 Å². The van der Waals surface area contributed by atoms with Gasteiger partial charge in [0.2, 0.25) is 0 Å². The summed E-state index contributed by atoms with van der Waals surface area (Å²) in [5, 5.41) is 0. The zero-order valence-corrected chi connectivity index (χ0v) is 14.4. The lowest BCUT2D eigenvalue weighted by atomic mass is 9.80. The van der Waals surface area contributed by atoms with Crippen molar-refractivity contribution in [2.75, 3.05) is 7.11 Å². The molecule has 1 nitrogen and oxygen atoms in total. The molecule has 1 atom stereocenters. The topological polar surface area (TPSA) is 9.23 Å². The molecule has 0 heterocycles. The Morgan fingerprint density at radius 1 is 0.955 bits per heavy atom. The van der Waals surface area contributed by atoms with Crippen LogP contribution >= 0.6 is 0 Å². The number of hydrogen-bond acceptors (Lipinski definition) is 1. The van der Waals surface area contributed by atoms with Crippen molar-refractivity contribution in [1.82, 2.24) is 0 Å². The highest BCUT2D eigenvalue weighted by atomic mass is 19.1. The fourth-order valence-corrected chi connectivity index (χ4v) is 2.96. The van der Waals surface area contributed by atoms with Crippen LogP contribution in [0.3, 0.4) is 0 Å². The summed E-state index contributed by atoms with van der Waals surface area (Å²) in [6.07, 6.45) is 8.11. The largest absolute Gasteiger partial charge is 0.378 e. The molecule has 0 radical (unpaired) electrons. The van der Waals surface area contributed by atoms with Crippen molar-refractivity contribution in [3.63, 3.8) is 0 Å². The van der Waals surface area contributed by atoms with Gasteiger partial charge in [0, 0.05) is 19.1 Å². The third kappa shape index (κ3) is 6.04. The molecular formula is C19H30F2O. The monoisotopic (exact) mass is 312 g/mol. The first-order chi connectivity index (χ1) is 10.4. The van der Waals surface area contributed by atoms with Crippen LogP contribution in [0.4, 0.5) is 8.78 Å². The van der Waals surface area contributed by atoms with Gasteiger partial charge in [0.05, 0.1) is 5.60 Å². The lowest BCUT2D eigenvalue weighted by Crippen LogP contribution is -2.31. The van der Waals surface area contributed by atoms with E-state index in [1.807, 2.05) is 13.8 Å². The SMILES string of the molecule is CCCCCCCCC(c1cc(F)cc(F)c1)C(C)(C)OC. The quantitative estimate of drug-likeness (QED) is 0.466. The molecule has 0 saturated heterocycles. The third-order valence-electron chi connectivity index (χ3n) is 4.50. The third-order valence-corrected chi connectivity index (χ3v) is 4.50. The summed E-state index contributed by atoms with van der Waals surface area (Å²) in [5.41, 5.74) is 0.252. The molecule has 0 fully saturated rings. The maximum Gasteiger partial charge on any atom is 0.126 e.